The van der Waals surface area contributed by atoms with E-state index in [0.29, 0.717) is 17.8 Å². The summed E-state index contributed by atoms with van der Waals surface area (Å²) in [6, 6.07) is 10.4. The molecule has 2 aromatic rings. The van der Waals surface area contributed by atoms with Gasteiger partial charge >= 0.3 is 0 Å². The number of para-hydroxylation sites is 1. The Kier molecular flexibility index (Phi) is 3.51. The molecule has 1 atom stereocenters. The summed E-state index contributed by atoms with van der Waals surface area (Å²) in [6.07, 6.45) is 0. The zero-order valence-corrected chi connectivity index (χ0v) is 11.7. The van der Waals surface area contributed by atoms with Crippen LogP contribution in [0.25, 0.3) is 0 Å². The zero-order chi connectivity index (χ0) is 15.0. The fraction of sp³-hybridized carbons (Fsp3) is 0.133. The lowest BCUT2D eigenvalue weighted by molar-refractivity contribution is 0.613. The van der Waals surface area contributed by atoms with Crippen LogP contribution in [0, 0.1) is 11.6 Å². The van der Waals surface area contributed by atoms with Crippen molar-refractivity contribution in [3.8, 4) is 0 Å². The minimum atomic E-state index is -0.520. The van der Waals surface area contributed by atoms with Crippen molar-refractivity contribution in [2.24, 2.45) is 10.7 Å². The maximum absolute atomic E-state index is 14.0. The van der Waals surface area contributed by atoms with Gasteiger partial charge in [-0.15, -0.1) is 0 Å². The molecule has 3 nitrogen and oxygen atoms in total. The van der Waals surface area contributed by atoms with Crippen LogP contribution in [-0.2, 0) is 0 Å². The van der Waals surface area contributed by atoms with Crippen LogP contribution >= 0.6 is 11.6 Å². The Bertz CT molecular complexity index is 718. The zero-order valence-electron chi connectivity index (χ0n) is 10.9. The van der Waals surface area contributed by atoms with Gasteiger partial charge in [0.15, 0.2) is 5.96 Å². The predicted octanol–water partition coefficient (Wildman–Crippen LogP) is 3.49. The molecule has 0 amide bonds. The van der Waals surface area contributed by atoms with Crippen LogP contribution in [0.1, 0.15) is 11.6 Å². The topological polar surface area (TPSA) is 41.6 Å². The minimum Gasteiger partial charge on any atom is -0.369 e. The fourth-order valence-corrected chi connectivity index (χ4v) is 2.53. The van der Waals surface area contributed by atoms with Gasteiger partial charge in [0.2, 0.25) is 0 Å². The Balaban J connectivity index is 2.03. The van der Waals surface area contributed by atoms with Crippen LogP contribution in [0.15, 0.2) is 47.5 Å². The number of hydrogen-bond acceptors (Lipinski definition) is 3. The van der Waals surface area contributed by atoms with Crippen molar-refractivity contribution in [1.82, 2.24) is 0 Å². The maximum atomic E-state index is 14.0. The molecule has 1 aliphatic heterocycles. The van der Waals surface area contributed by atoms with Crippen LogP contribution in [0.3, 0.4) is 0 Å². The van der Waals surface area contributed by atoms with Gasteiger partial charge in [0.1, 0.15) is 11.6 Å². The molecule has 6 heteroatoms. The first-order valence-electron chi connectivity index (χ1n) is 6.36. The lowest BCUT2D eigenvalue weighted by atomic mass is 10.1. The first-order valence-corrected chi connectivity index (χ1v) is 6.74. The summed E-state index contributed by atoms with van der Waals surface area (Å²) in [7, 11) is 0. The van der Waals surface area contributed by atoms with E-state index in [4.69, 9.17) is 17.3 Å². The van der Waals surface area contributed by atoms with Gasteiger partial charge in [0.05, 0.1) is 23.3 Å². The molecule has 0 radical (unpaired) electrons. The van der Waals surface area contributed by atoms with Crippen LogP contribution in [0.2, 0.25) is 5.02 Å². The monoisotopic (exact) mass is 307 g/mol. The number of rotatable bonds is 2. The molecular formula is C15H12ClF2N3. The summed E-state index contributed by atoms with van der Waals surface area (Å²) < 4.78 is 27.6. The van der Waals surface area contributed by atoms with Gasteiger partial charge in [-0.05, 0) is 29.8 Å². The summed E-state index contributed by atoms with van der Waals surface area (Å²) in [5.74, 6) is -0.717. The lowest BCUT2D eigenvalue weighted by Gasteiger charge is -2.27. The first-order chi connectivity index (χ1) is 10.1. The molecule has 21 heavy (non-hydrogen) atoms. The van der Waals surface area contributed by atoms with Crippen molar-refractivity contribution in [3.05, 3.63) is 64.7 Å². The second kappa shape index (κ2) is 5.33. The van der Waals surface area contributed by atoms with E-state index in [9.17, 15) is 8.78 Å². The lowest BCUT2D eigenvalue weighted by Crippen LogP contribution is -2.36. The second-order valence-corrected chi connectivity index (χ2v) is 5.12. The second-order valence-electron chi connectivity index (χ2n) is 4.71. The van der Waals surface area contributed by atoms with Crippen molar-refractivity contribution >= 4 is 23.2 Å². The van der Waals surface area contributed by atoms with Gasteiger partial charge in [-0.25, -0.2) is 8.78 Å². The van der Waals surface area contributed by atoms with Gasteiger partial charge in [0.25, 0.3) is 0 Å². The summed E-state index contributed by atoms with van der Waals surface area (Å²) in [6.45, 7) is 0.335. The summed E-state index contributed by atoms with van der Waals surface area (Å²) in [5, 5.41) is 0.0445. The molecule has 0 fully saturated rings. The van der Waals surface area contributed by atoms with Gasteiger partial charge in [-0.1, -0.05) is 29.8 Å². The van der Waals surface area contributed by atoms with E-state index in [2.05, 4.69) is 4.99 Å². The summed E-state index contributed by atoms with van der Waals surface area (Å²) in [5.41, 5.74) is 6.82. The number of hydrogen-bond donors (Lipinski definition) is 1. The van der Waals surface area contributed by atoms with E-state index in [1.807, 2.05) is 0 Å². The number of benzene rings is 2. The highest BCUT2D eigenvalue weighted by Gasteiger charge is 2.30. The van der Waals surface area contributed by atoms with E-state index in [1.165, 1.54) is 18.2 Å². The molecule has 3 rings (SSSR count). The fourth-order valence-electron chi connectivity index (χ4n) is 2.41. The van der Waals surface area contributed by atoms with Crippen molar-refractivity contribution < 1.29 is 8.78 Å². The number of nitrogens with two attached hydrogens (primary N) is 1. The molecule has 108 valence electrons. The van der Waals surface area contributed by atoms with Gasteiger partial charge in [-0.2, -0.15) is 0 Å². The summed E-state index contributed by atoms with van der Waals surface area (Å²) in [4.78, 5) is 5.71. The van der Waals surface area contributed by atoms with E-state index >= 15 is 0 Å². The smallest absolute Gasteiger partial charge is 0.196 e. The molecule has 0 aliphatic carbocycles. The number of guanidine groups is 1. The molecule has 0 saturated carbocycles. The van der Waals surface area contributed by atoms with Crippen molar-refractivity contribution in [3.63, 3.8) is 0 Å². The van der Waals surface area contributed by atoms with E-state index in [0.717, 1.165) is 0 Å². The number of anilines is 1. The molecule has 0 spiro atoms. The van der Waals surface area contributed by atoms with Crippen LogP contribution in [0.4, 0.5) is 14.5 Å². The molecule has 1 aliphatic rings. The van der Waals surface area contributed by atoms with Crippen LogP contribution in [-0.4, -0.2) is 12.5 Å². The highest BCUT2D eigenvalue weighted by molar-refractivity contribution is 6.30. The molecule has 0 aromatic heterocycles. The Morgan fingerprint density at radius 3 is 2.62 bits per heavy atom. The molecule has 1 unspecified atom stereocenters. The normalized spacial score (nSPS) is 18.0. The SMILES string of the molecule is NC1=NCC(c2ccc(Cl)c(F)c2)N1c1ccccc1F. The van der Waals surface area contributed by atoms with E-state index in [1.54, 1.807) is 29.2 Å². The van der Waals surface area contributed by atoms with E-state index < -0.39 is 11.6 Å². The molecule has 1 heterocycles. The highest BCUT2D eigenvalue weighted by Crippen LogP contribution is 2.33. The molecule has 0 saturated heterocycles. The van der Waals surface area contributed by atoms with Gasteiger partial charge < -0.3 is 10.6 Å². The number of aliphatic imine (C=N–C) groups is 1. The third-order valence-corrected chi connectivity index (χ3v) is 3.73. The Morgan fingerprint density at radius 2 is 1.90 bits per heavy atom. The summed E-state index contributed by atoms with van der Waals surface area (Å²) >= 11 is 5.69. The molecule has 0 bridgehead atoms. The highest BCUT2D eigenvalue weighted by atomic mass is 35.5. The van der Waals surface area contributed by atoms with Gasteiger partial charge in [-0.3, -0.25) is 4.99 Å². The maximum Gasteiger partial charge on any atom is 0.196 e. The predicted molar refractivity (Wildman–Crippen MR) is 79.5 cm³/mol. The van der Waals surface area contributed by atoms with Crippen molar-refractivity contribution in [1.29, 1.82) is 0 Å². The van der Waals surface area contributed by atoms with Crippen LogP contribution < -0.4 is 10.6 Å². The Labute approximate surface area is 125 Å². The third kappa shape index (κ3) is 2.45. The molecule has 2 N–H and O–H groups in total. The van der Waals surface area contributed by atoms with Crippen molar-refractivity contribution in [2.45, 2.75) is 6.04 Å². The number of nitrogens with zero attached hydrogens (tertiary/aromatic N) is 2. The van der Waals surface area contributed by atoms with Crippen LogP contribution in [0.5, 0.6) is 0 Å². The molecule has 2 aromatic carbocycles. The Hall–Kier alpha value is -2.14. The number of halogens is 3. The largest absolute Gasteiger partial charge is 0.369 e. The average Bonchev–Trinajstić information content (AvgIpc) is 2.84. The van der Waals surface area contributed by atoms with Gasteiger partial charge in [0, 0.05) is 0 Å². The standard InChI is InChI=1S/C15H12ClF2N3/c16-10-6-5-9(7-12(10)18)14-8-20-15(19)21(14)13-4-2-1-3-11(13)17/h1-7,14H,8H2,(H2,19,20). The Morgan fingerprint density at radius 1 is 1.14 bits per heavy atom. The third-order valence-electron chi connectivity index (χ3n) is 3.43. The minimum absolute atomic E-state index is 0.0445. The molecular weight excluding hydrogens is 296 g/mol. The first kappa shape index (κ1) is 13.8. The quantitative estimate of drug-likeness (QED) is 0.922. The van der Waals surface area contributed by atoms with Crippen molar-refractivity contribution in [2.75, 3.05) is 11.4 Å². The average molecular weight is 308 g/mol. The van der Waals surface area contributed by atoms with E-state index in [-0.39, 0.29) is 17.0 Å².